The van der Waals surface area contributed by atoms with Gasteiger partial charge in [0.15, 0.2) is 0 Å². The summed E-state index contributed by atoms with van der Waals surface area (Å²) >= 11 is 0. The molecule has 2 aliphatic heterocycles. The van der Waals surface area contributed by atoms with Crippen LogP contribution in [0.2, 0.25) is 0 Å². The Morgan fingerprint density at radius 1 is 1.19 bits per heavy atom. The number of amides is 4. The number of piperidine rings is 1. The minimum absolute atomic E-state index is 0.199. The van der Waals surface area contributed by atoms with Gasteiger partial charge in [0.05, 0.1) is 11.9 Å². The van der Waals surface area contributed by atoms with Crippen LogP contribution in [0.15, 0.2) is 42.9 Å². The molecule has 2 saturated heterocycles. The van der Waals surface area contributed by atoms with Crippen molar-refractivity contribution < 1.29 is 14.4 Å². The molecule has 2 atom stereocenters. The van der Waals surface area contributed by atoms with E-state index in [0.29, 0.717) is 25.1 Å². The highest BCUT2D eigenvalue weighted by molar-refractivity contribution is 6.21. The Kier molecular flexibility index (Phi) is 4.31. The van der Waals surface area contributed by atoms with Crippen molar-refractivity contribution in [3.63, 3.8) is 0 Å². The van der Waals surface area contributed by atoms with E-state index in [2.05, 4.69) is 15.3 Å². The monoisotopic (exact) mass is 365 g/mol. The largest absolute Gasteiger partial charge is 0.348 e. The van der Waals surface area contributed by atoms with Gasteiger partial charge in [-0.25, -0.2) is 14.7 Å². The average molecular weight is 365 g/mol. The van der Waals surface area contributed by atoms with Crippen molar-refractivity contribution in [2.75, 3.05) is 11.4 Å². The van der Waals surface area contributed by atoms with Crippen LogP contribution in [-0.4, -0.2) is 51.3 Å². The lowest BCUT2D eigenvalue weighted by molar-refractivity contribution is -0.120. The molecule has 0 spiro atoms. The number of fused-ring (bicyclic) bond motifs is 1. The molecule has 138 valence electrons. The van der Waals surface area contributed by atoms with E-state index >= 15 is 0 Å². The number of urea groups is 1. The van der Waals surface area contributed by atoms with Gasteiger partial charge >= 0.3 is 6.03 Å². The van der Waals surface area contributed by atoms with Gasteiger partial charge in [-0.2, -0.15) is 0 Å². The number of aryl methyl sites for hydroxylation is 1. The molecule has 1 aromatic carbocycles. The van der Waals surface area contributed by atoms with Crippen molar-refractivity contribution in [2.24, 2.45) is 0 Å². The number of aromatic nitrogens is 2. The van der Waals surface area contributed by atoms with Crippen LogP contribution in [0.5, 0.6) is 0 Å². The fourth-order valence-electron chi connectivity index (χ4n) is 3.54. The third-order valence-electron chi connectivity index (χ3n) is 4.97. The number of nitrogens with zero attached hydrogens (tertiary/aromatic N) is 4. The summed E-state index contributed by atoms with van der Waals surface area (Å²) in [7, 11) is 0. The van der Waals surface area contributed by atoms with E-state index in [0.717, 1.165) is 5.56 Å². The second kappa shape index (κ2) is 6.79. The molecule has 0 radical (unpaired) electrons. The van der Waals surface area contributed by atoms with Gasteiger partial charge in [0.25, 0.3) is 11.8 Å². The fourth-order valence-corrected chi connectivity index (χ4v) is 3.54. The standard InChI is InChI=1S/C19H19N5O3/c1-12-2-4-14(5-3-12)24-18(26)16-10-13(6-9-23(16)19(24)27)22-17(25)15-11-20-7-8-21-15/h2-5,7-8,11,13,16H,6,9-10H2,1H3,(H,22,25)/t13-,16+/m0/s1. The maximum atomic E-state index is 12.9. The molecule has 1 aromatic heterocycles. The molecule has 3 heterocycles. The molecule has 4 rings (SSSR count). The zero-order valence-electron chi connectivity index (χ0n) is 14.8. The van der Waals surface area contributed by atoms with E-state index in [1.165, 1.54) is 23.5 Å². The molecule has 2 fully saturated rings. The lowest BCUT2D eigenvalue weighted by Crippen LogP contribution is -2.49. The molecule has 1 N–H and O–H groups in total. The normalized spacial score (nSPS) is 22.0. The van der Waals surface area contributed by atoms with Crippen molar-refractivity contribution in [2.45, 2.75) is 31.8 Å². The minimum atomic E-state index is -0.556. The van der Waals surface area contributed by atoms with E-state index in [1.54, 1.807) is 17.0 Å². The third kappa shape index (κ3) is 3.14. The molecule has 8 heteroatoms. The second-order valence-corrected chi connectivity index (χ2v) is 6.79. The number of hydrogen-bond acceptors (Lipinski definition) is 5. The Morgan fingerprint density at radius 3 is 2.67 bits per heavy atom. The van der Waals surface area contributed by atoms with Crippen LogP contribution in [0, 0.1) is 6.92 Å². The van der Waals surface area contributed by atoms with Crippen LogP contribution in [0.4, 0.5) is 10.5 Å². The summed E-state index contributed by atoms with van der Waals surface area (Å²) in [6.45, 7) is 2.37. The number of carbonyl (C=O) groups is 3. The van der Waals surface area contributed by atoms with Gasteiger partial charge in [-0.05, 0) is 31.9 Å². The van der Waals surface area contributed by atoms with Gasteiger partial charge in [0.2, 0.25) is 0 Å². The Labute approximate surface area is 156 Å². The number of benzene rings is 1. The summed E-state index contributed by atoms with van der Waals surface area (Å²) < 4.78 is 0. The zero-order chi connectivity index (χ0) is 19.0. The number of hydrogen-bond donors (Lipinski definition) is 1. The van der Waals surface area contributed by atoms with Crippen LogP contribution >= 0.6 is 0 Å². The van der Waals surface area contributed by atoms with Gasteiger partial charge in [0, 0.05) is 25.0 Å². The van der Waals surface area contributed by atoms with E-state index in [4.69, 9.17) is 0 Å². The van der Waals surface area contributed by atoms with Crippen molar-refractivity contribution in [1.82, 2.24) is 20.2 Å². The summed E-state index contributed by atoms with van der Waals surface area (Å²) in [5.41, 5.74) is 1.86. The lowest BCUT2D eigenvalue weighted by Gasteiger charge is -2.32. The molecule has 8 nitrogen and oxygen atoms in total. The first-order valence-electron chi connectivity index (χ1n) is 8.82. The molecule has 0 unspecified atom stereocenters. The van der Waals surface area contributed by atoms with Crippen LogP contribution in [0.3, 0.4) is 0 Å². The molecule has 0 aliphatic carbocycles. The smallest absolute Gasteiger partial charge is 0.332 e. The number of imide groups is 1. The third-order valence-corrected chi connectivity index (χ3v) is 4.97. The Morgan fingerprint density at radius 2 is 1.96 bits per heavy atom. The summed E-state index contributed by atoms with van der Waals surface area (Å²) in [6.07, 6.45) is 5.32. The van der Waals surface area contributed by atoms with Crippen molar-refractivity contribution in [3.05, 3.63) is 54.1 Å². The summed E-state index contributed by atoms with van der Waals surface area (Å²) in [5, 5.41) is 2.90. The molecule has 2 aromatic rings. The molecule has 0 saturated carbocycles. The number of nitrogens with one attached hydrogen (secondary N) is 1. The predicted molar refractivity (Wildman–Crippen MR) is 97.1 cm³/mol. The van der Waals surface area contributed by atoms with E-state index in [9.17, 15) is 14.4 Å². The van der Waals surface area contributed by atoms with E-state index in [-0.39, 0.29) is 29.6 Å². The summed E-state index contributed by atoms with van der Waals surface area (Å²) in [4.78, 5) is 48.5. The van der Waals surface area contributed by atoms with E-state index < -0.39 is 6.04 Å². The van der Waals surface area contributed by atoms with Crippen molar-refractivity contribution >= 4 is 23.5 Å². The van der Waals surface area contributed by atoms with Gasteiger partial charge < -0.3 is 10.2 Å². The predicted octanol–water partition coefficient (Wildman–Crippen LogP) is 1.51. The van der Waals surface area contributed by atoms with E-state index in [1.807, 2.05) is 19.1 Å². The number of carbonyl (C=O) groups excluding carboxylic acids is 3. The first-order valence-corrected chi connectivity index (χ1v) is 8.82. The number of anilines is 1. The van der Waals surface area contributed by atoms with Gasteiger partial charge in [0.1, 0.15) is 11.7 Å². The Balaban J connectivity index is 1.48. The SMILES string of the molecule is Cc1ccc(N2C(=O)[C@H]3C[C@@H](NC(=O)c4cnccn4)CCN3C2=O)cc1. The van der Waals surface area contributed by atoms with Crippen LogP contribution < -0.4 is 10.2 Å². The molecule has 2 aliphatic rings. The first kappa shape index (κ1) is 17.1. The summed E-state index contributed by atoms with van der Waals surface area (Å²) in [6, 6.07) is 6.24. The highest BCUT2D eigenvalue weighted by atomic mass is 16.2. The molecule has 0 bridgehead atoms. The molecular formula is C19H19N5O3. The highest BCUT2D eigenvalue weighted by Crippen LogP contribution is 2.31. The lowest BCUT2D eigenvalue weighted by atomic mass is 9.98. The number of rotatable bonds is 3. The first-order chi connectivity index (χ1) is 13.0. The zero-order valence-corrected chi connectivity index (χ0v) is 14.8. The maximum Gasteiger partial charge on any atom is 0.332 e. The Hall–Kier alpha value is -3.29. The van der Waals surface area contributed by atoms with Crippen LogP contribution in [-0.2, 0) is 4.79 Å². The van der Waals surface area contributed by atoms with Crippen LogP contribution in [0.1, 0.15) is 28.9 Å². The summed E-state index contributed by atoms with van der Waals surface area (Å²) in [5.74, 6) is -0.573. The maximum absolute atomic E-state index is 12.9. The topological polar surface area (TPSA) is 95.5 Å². The van der Waals surface area contributed by atoms with Gasteiger partial charge in [-0.1, -0.05) is 17.7 Å². The van der Waals surface area contributed by atoms with Gasteiger partial charge in [-0.3, -0.25) is 14.6 Å². The molecule has 4 amide bonds. The Bertz CT molecular complexity index is 884. The quantitative estimate of drug-likeness (QED) is 0.832. The molecular weight excluding hydrogens is 346 g/mol. The average Bonchev–Trinajstić information content (AvgIpc) is 2.93. The van der Waals surface area contributed by atoms with Crippen molar-refractivity contribution in [3.8, 4) is 0 Å². The van der Waals surface area contributed by atoms with Crippen LogP contribution in [0.25, 0.3) is 0 Å². The van der Waals surface area contributed by atoms with Gasteiger partial charge in [-0.15, -0.1) is 0 Å². The highest BCUT2D eigenvalue weighted by Gasteiger charge is 2.48. The molecule has 27 heavy (non-hydrogen) atoms. The van der Waals surface area contributed by atoms with Crippen molar-refractivity contribution in [1.29, 1.82) is 0 Å². The second-order valence-electron chi connectivity index (χ2n) is 6.79. The minimum Gasteiger partial charge on any atom is -0.348 e. The fraction of sp³-hybridized carbons (Fsp3) is 0.316.